The number of halogens is 1. The molecule has 0 radical (unpaired) electrons. The van der Waals surface area contributed by atoms with Crippen LogP contribution in [0.2, 0.25) is 5.02 Å². The number of nitro groups is 1. The summed E-state index contributed by atoms with van der Waals surface area (Å²) < 4.78 is 0. The van der Waals surface area contributed by atoms with Crippen molar-refractivity contribution in [3.63, 3.8) is 0 Å². The van der Waals surface area contributed by atoms with E-state index in [4.69, 9.17) is 11.6 Å². The number of hydrogen-bond acceptors (Lipinski definition) is 8. The Labute approximate surface area is 172 Å². The van der Waals surface area contributed by atoms with Gasteiger partial charge in [0.1, 0.15) is 10.0 Å². The molecule has 2 amide bonds. The number of benzene rings is 2. The number of rotatable bonds is 5. The van der Waals surface area contributed by atoms with Crippen LogP contribution >= 0.6 is 22.9 Å². The van der Waals surface area contributed by atoms with Gasteiger partial charge in [-0.1, -0.05) is 53.3 Å². The highest BCUT2D eigenvalue weighted by Gasteiger charge is 2.16. The first-order valence-electron chi connectivity index (χ1n) is 7.91. The fourth-order valence-electron chi connectivity index (χ4n) is 2.09. The Bertz CT molecular complexity index is 1100. The standard InChI is InChI=1S/C17H11ClN6O4S/c18-12-8-10(6-7-13(12)24(27)28)9-19-21-15(26)14(25)20-17-23-22-16(29-17)11-4-2-1-3-5-11/h1-9H,(H,21,26)(H,20,23,25). The Hall–Kier alpha value is -3.70. The summed E-state index contributed by atoms with van der Waals surface area (Å²) >= 11 is 6.90. The molecule has 0 aliphatic rings. The average molecular weight is 431 g/mol. The zero-order valence-electron chi connectivity index (χ0n) is 14.4. The van der Waals surface area contributed by atoms with Gasteiger partial charge in [-0.3, -0.25) is 25.0 Å². The van der Waals surface area contributed by atoms with E-state index >= 15 is 0 Å². The van der Waals surface area contributed by atoms with E-state index in [0.29, 0.717) is 10.6 Å². The number of amides is 2. The fourth-order valence-corrected chi connectivity index (χ4v) is 3.09. The first kappa shape index (κ1) is 20.0. The van der Waals surface area contributed by atoms with Crippen molar-refractivity contribution in [2.24, 2.45) is 5.10 Å². The third kappa shape index (κ3) is 5.18. The zero-order valence-corrected chi connectivity index (χ0v) is 16.0. The van der Waals surface area contributed by atoms with E-state index in [9.17, 15) is 19.7 Å². The molecule has 0 saturated heterocycles. The summed E-state index contributed by atoms with van der Waals surface area (Å²) in [6.07, 6.45) is 1.19. The average Bonchev–Trinajstić information content (AvgIpc) is 3.17. The van der Waals surface area contributed by atoms with Crippen LogP contribution in [0.4, 0.5) is 10.8 Å². The van der Waals surface area contributed by atoms with Gasteiger partial charge in [0.25, 0.3) is 5.69 Å². The Kier molecular flexibility index (Phi) is 6.22. The number of hydrogen-bond donors (Lipinski definition) is 2. The molecule has 2 aromatic carbocycles. The maximum Gasteiger partial charge on any atom is 0.329 e. The lowest BCUT2D eigenvalue weighted by Crippen LogP contribution is -2.32. The predicted molar refractivity (Wildman–Crippen MR) is 108 cm³/mol. The summed E-state index contributed by atoms with van der Waals surface area (Å²) in [6.45, 7) is 0. The van der Waals surface area contributed by atoms with Gasteiger partial charge in [0.2, 0.25) is 5.13 Å². The Morgan fingerprint density at radius 1 is 1.14 bits per heavy atom. The molecule has 1 heterocycles. The van der Waals surface area contributed by atoms with E-state index < -0.39 is 16.7 Å². The second-order valence-corrected chi connectivity index (χ2v) is 6.78. The van der Waals surface area contributed by atoms with Crippen LogP contribution < -0.4 is 10.7 Å². The minimum atomic E-state index is -1.02. The molecule has 0 fully saturated rings. The molecule has 0 aliphatic heterocycles. The van der Waals surface area contributed by atoms with Crippen LogP contribution in [-0.4, -0.2) is 33.1 Å². The molecule has 0 bridgehead atoms. The van der Waals surface area contributed by atoms with Gasteiger partial charge in [-0.2, -0.15) is 5.10 Å². The van der Waals surface area contributed by atoms with Crippen molar-refractivity contribution in [1.29, 1.82) is 0 Å². The molecule has 146 valence electrons. The van der Waals surface area contributed by atoms with E-state index in [1.807, 2.05) is 35.8 Å². The van der Waals surface area contributed by atoms with Crippen LogP contribution in [0, 0.1) is 10.1 Å². The van der Waals surface area contributed by atoms with Gasteiger partial charge in [0, 0.05) is 11.6 Å². The maximum atomic E-state index is 11.9. The molecule has 3 rings (SSSR count). The van der Waals surface area contributed by atoms with Gasteiger partial charge in [0.15, 0.2) is 0 Å². The number of carbonyl (C=O) groups excluding carboxylic acids is 2. The molecule has 10 nitrogen and oxygen atoms in total. The molecule has 0 spiro atoms. The van der Waals surface area contributed by atoms with Gasteiger partial charge in [-0.05, 0) is 17.7 Å². The smallest absolute Gasteiger partial charge is 0.292 e. The normalized spacial score (nSPS) is 10.7. The fraction of sp³-hybridized carbons (Fsp3) is 0. The quantitative estimate of drug-likeness (QED) is 0.276. The van der Waals surface area contributed by atoms with Crippen molar-refractivity contribution >= 4 is 51.8 Å². The summed E-state index contributed by atoms with van der Waals surface area (Å²) in [4.78, 5) is 33.9. The number of hydrazone groups is 1. The molecular weight excluding hydrogens is 420 g/mol. The minimum absolute atomic E-state index is 0.0755. The van der Waals surface area contributed by atoms with Gasteiger partial charge in [-0.15, -0.1) is 10.2 Å². The first-order valence-corrected chi connectivity index (χ1v) is 9.11. The lowest BCUT2D eigenvalue weighted by Gasteiger charge is -2.00. The van der Waals surface area contributed by atoms with E-state index in [1.54, 1.807) is 0 Å². The molecule has 0 aliphatic carbocycles. The molecule has 12 heteroatoms. The Morgan fingerprint density at radius 3 is 2.59 bits per heavy atom. The SMILES string of the molecule is O=C(NN=Cc1ccc([N+](=O)[O-])c(Cl)c1)C(=O)Nc1nnc(-c2ccccc2)s1. The van der Waals surface area contributed by atoms with Gasteiger partial charge in [0.05, 0.1) is 11.1 Å². The van der Waals surface area contributed by atoms with E-state index in [-0.39, 0.29) is 15.8 Å². The number of nitro benzene ring substituents is 1. The molecule has 0 saturated carbocycles. The van der Waals surface area contributed by atoms with E-state index in [1.165, 1.54) is 24.4 Å². The number of nitrogens with zero attached hydrogens (tertiary/aromatic N) is 4. The topological polar surface area (TPSA) is 139 Å². The molecule has 0 atom stereocenters. The summed E-state index contributed by atoms with van der Waals surface area (Å²) in [5.74, 6) is -2.00. The molecular formula is C17H11ClN6O4S. The van der Waals surface area contributed by atoms with Crippen LogP contribution in [0.25, 0.3) is 10.6 Å². The second-order valence-electron chi connectivity index (χ2n) is 5.40. The number of carbonyl (C=O) groups is 2. The molecule has 1 aromatic heterocycles. The predicted octanol–water partition coefficient (Wildman–Crippen LogP) is 2.86. The lowest BCUT2D eigenvalue weighted by atomic mass is 10.2. The van der Waals surface area contributed by atoms with Crippen molar-refractivity contribution in [3.05, 3.63) is 69.2 Å². The molecule has 0 unspecified atom stereocenters. The Balaban J connectivity index is 1.56. The molecule has 3 aromatic rings. The van der Waals surface area contributed by atoms with Gasteiger partial charge < -0.3 is 0 Å². The summed E-state index contributed by atoms with van der Waals surface area (Å²) in [6, 6.07) is 13.2. The van der Waals surface area contributed by atoms with E-state index in [2.05, 4.69) is 20.6 Å². The summed E-state index contributed by atoms with van der Waals surface area (Å²) in [7, 11) is 0. The number of nitrogens with one attached hydrogen (secondary N) is 2. The van der Waals surface area contributed by atoms with Crippen molar-refractivity contribution in [3.8, 4) is 10.6 Å². The molecule has 29 heavy (non-hydrogen) atoms. The highest BCUT2D eigenvalue weighted by Crippen LogP contribution is 2.26. The number of anilines is 1. The second kappa shape index (κ2) is 8.99. The van der Waals surface area contributed by atoms with Crippen LogP contribution in [0.15, 0.2) is 53.6 Å². The van der Waals surface area contributed by atoms with Crippen molar-refractivity contribution in [2.45, 2.75) is 0 Å². The maximum absolute atomic E-state index is 11.9. The summed E-state index contributed by atoms with van der Waals surface area (Å²) in [5.41, 5.74) is 3.03. The Morgan fingerprint density at radius 2 is 1.90 bits per heavy atom. The summed E-state index contributed by atoms with van der Waals surface area (Å²) in [5, 5.41) is 25.1. The van der Waals surface area contributed by atoms with Crippen LogP contribution in [-0.2, 0) is 9.59 Å². The highest BCUT2D eigenvalue weighted by atomic mass is 35.5. The largest absolute Gasteiger partial charge is 0.329 e. The van der Waals surface area contributed by atoms with Crippen LogP contribution in [0.5, 0.6) is 0 Å². The minimum Gasteiger partial charge on any atom is -0.292 e. The van der Waals surface area contributed by atoms with Crippen molar-refractivity contribution < 1.29 is 14.5 Å². The van der Waals surface area contributed by atoms with Gasteiger partial charge in [-0.25, -0.2) is 5.43 Å². The lowest BCUT2D eigenvalue weighted by molar-refractivity contribution is -0.384. The number of aromatic nitrogens is 2. The van der Waals surface area contributed by atoms with Crippen LogP contribution in [0.1, 0.15) is 5.56 Å². The monoisotopic (exact) mass is 430 g/mol. The third-order valence-corrected chi connectivity index (χ3v) is 4.61. The first-order chi connectivity index (χ1) is 13.9. The van der Waals surface area contributed by atoms with E-state index in [0.717, 1.165) is 16.9 Å². The third-order valence-electron chi connectivity index (χ3n) is 3.42. The van der Waals surface area contributed by atoms with Gasteiger partial charge >= 0.3 is 11.8 Å². The van der Waals surface area contributed by atoms with Crippen molar-refractivity contribution in [1.82, 2.24) is 15.6 Å². The van der Waals surface area contributed by atoms with Crippen LogP contribution in [0.3, 0.4) is 0 Å². The molecule has 2 N–H and O–H groups in total. The van der Waals surface area contributed by atoms with Crippen molar-refractivity contribution in [2.75, 3.05) is 5.32 Å². The highest BCUT2D eigenvalue weighted by molar-refractivity contribution is 7.18. The zero-order chi connectivity index (χ0) is 20.8.